The Labute approximate surface area is 222 Å². The first kappa shape index (κ1) is 39.0. The van der Waals surface area contributed by atoms with E-state index >= 15 is 0 Å². The van der Waals surface area contributed by atoms with Gasteiger partial charge in [-0.25, -0.2) is 4.79 Å². The van der Waals surface area contributed by atoms with E-state index in [1.165, 1.54) is 0 Å². The fourth-order valence-electron chi connectivity index (χ4n) is 2.44. The molecule has 42 heavy (non-hydrogen) atoms. The van der Waals surface area contributed by atoms with Crippen LogP contribution in [-0.4, -0.2) is 90.9 Å². The molecular weight excluding hydrogens is 647 g/mol. The summed E-state index contributed by atoms with van der Waals surface area (Å²) < 4.78 is 239. The van der Waals surface area contributed by atoms with Crippen molar-refractivity contribution in [2.24, 2.45) is 0 Å². The van der Waals surface area contributed by atoms with Gasteiger partial charge in [-0.2, -0.15) is 74.6 Å². The number of halogens is 17. The van der Waals surface area contributed by atoms with Gasteiger partial charge in [-0.3, -0.25) is 9.59 Å². The summed E-state index contributed by atoms with van der Waals surface area (Å²) in [5.74, 6) is -63.7. The van der Waals surface area contributed by atoms with E-state index in [1.807, 2.05) is 0 Å². The van der Waals surface area contributed by atoms with Crippen LogP contribution in [0.2, 0.25) is 0 Å². The number of carbonyl (C=O) groups is 3. The van der Waals surface area contributed by atoms with Crippen molar-refractivity contribution in [2.75, 3.05) is 13.7 Å². The highest BCUT2D eigenvalue weighted by molar-refractivity contribution is 5.89. The standard InChI is InChI=1S/C18H17F17N2O5/c1-10(2,3)42-9(40)37-7(8(39)36-5-6(38)41-4)11(19,20)12(21,22)13(23,24)14(25,26)15(27,28)16(29,30)17(31,32)18(33,34)35/h7H,5H2,1-4H3,(H,36,39)(H,37,40). The molecule has 0 heterocycles. The van der Waals surface area contributed by atoms with Crippen LogP contribution in [0.4, 0.5) is 79.4 Å². The summed E-state index contributed by atoms with van der Waals surface area (Å²) in [4.78, 5) is 34.8. The van der Waals surface area contributed by atoms with Crippen LogP contribution in [0.15, 0.2) is 0 Å². The van der Waals surface area contributed by atoms with Gasteiger partial charge in [0, 0.05) is 0 Å². The van der Waals surface area contributed by atoms with Gasteiger partial charge < -0.3 is 20.1 Å². The highest BCUT2D eigenvalue weighted by Gasteiger charge is 2.95. The molecule has 2 amide bonds. The molecule has 0 aliphatic rings. The largest absolute Gasteiger partial charge is 0.468 e. The summed E-state index contributed by atoms with van der Waals surface area (Å²) in [5.41, 5.74) is -1.79. The minimum absolute atomic E-state index is 0.460. The van der Waals surface area contributed by atoms with Crippen molar-refractivity contribution < 1.29 is 98.5 Å². The Hall–Kier alpha value is -2.98. The molecule has 248 valence electrons. The van der Waals surface area contributed by atoms with Crippen LogP contribution >= 0.6 is 0 Å². The number of methoxy groups -OCH3 is 1. The molecule has 0 spiro atoms. The second kappa shape index (κ2) is 11.3. The van der Waals surface area contributed by atoms with Gasteiger partial charge in [-0.1, -0.05) is 0 Å². The molecule has 7 nitrogen and oxygen atoms in total. The van der Waals surface area contributed by atoms with E-state index < -0.39 is 83.8 Å². The van der Waals surface area contributed by atoms with Crippen LogP contribution in [0, 0.1) is 0 Å². The molecule has 0 fully saturated rings. The van der Waals surface area contributed by atoms with Crippen LogP contribution in [0.3, 0.4) is 0 Å². The molecule has 0 aromatic carbocycles. The van der Waals surface area contributed by atoms with Crippen molar-refractivity contribution >= 4 is 18.0 Å². The molecule has 0 saturated carbocycles. The summed E-state index contributed by atoms with van der Waals surface area (Å²) in [5, 5.41) is 1.40. The predicted octanol–water partition coefficient (Wildman–Crippen LogP) is 5.18. The number of hydrogen-bond donors (Lipinski definition) is 2. The van der Waals surface area contributed by atoms with E-state index in [0.29, 0.717) is 12.4 Å². The second-order valence-electron chi connectivity index (χ2n) is 8.94. The number of alkyl carbamates (subject to hydrolysis) is 1. The molecule has 1 atom stereocenters. The van der Waals surface area contributed by atoms with Crippen LogP contribution in [0.5, 0.6) is 0 Å². The number of hydrogen-bond acceptors (Lipinski definition) is 5. The second-order valence-corrected chi connectivity index (χ2v) is 8.94. The molecule has 0 bridgehead atoms. The average Bonchev–Trinajstić information content (AvgIpc) is 2.77. The minimum Gasteiger partial charge on any atom is -0.468 e. The Morgan fingerprint density at radius 2 is 0.976 bits per heavy atom. The highest BCUT2D eigenvalue weighted by Crippen LogP contribution is 2.64. The number of amides is 2. The quantitative estimate of drug-likeness (QED) is 0.235. The van der Waals surface area contributed by atoms with E-state index in [0.717, 1.165) is 26.1 Å². The first-order valence-electron chi connectivity index (χ1n) is 10.2. The molecule has 0 saturated heterocycles. The molecule has 0 aliphatic heterocycles. The van der Waals surface area contributed by atoms with Gasteiger partial charge in [0.25, 0.3) is 0 Å². The lowest BCUT2D eigenvalue weighted by atomic mass is 9.87. The number of carbonyl (C=O) groups excluding carboxylic acids is 3. The van der Waals surface area contributed by atoms with E-state index in [1.54, 1.807) is 0 Å². The average molecular weight is 664 g/mol. The Kier molecular flexibility index (Phi) is 10.5. The van der Waals surface area contributed by atoms with Gasteiger partial charge in [-0.05, 0) is 20.8 Å². The van der Waals surface area contributed by atoms with Gasteiger partial charge in [0.1, 0.15) is 12.1 Å². The Morgan fingerprint density at radius 3 is 1.31 bits per heavy atom. The van der Waals surface area contributed by atoms with Crippen molar-refractivity contribution in [3.05, 3.63) is 0 Å². The fourth-order valence-corrected chi connectivity index (χ4v) is 2.44. The fraction of sp³-hybridized carbons (Fsp3) is 0.833. The third kappa shape index (κ3) is 6.49. The Morgan fingerprint density at radius 1 is 0.619 bits per heavy atom. The SMILES string of the molecule is COC(=O)CNC(=O)C(NC(=O)OC(C)(C)C)C(F)(F)C(F)(F)C(F)(F)C(F)(F)C(F)(F)C(F)(F)C(F)(F)C(F)(F)F. The van der Waals surface area contributed by atoms with Gasteiger partial charge in [0.05, 0.1) is 7.11 Å². The monoisotopic (exact) mass is 664 g/mol. The lowest BCUT2D eigenvalue weighted by molar-refractivity contribution is -0.462. The number of esters is 1. The number of ether oxygens (including phenoxy) is 2. The number of alkyl halides is 17. The van der Waals surface area contributed by atoms with E-state index in [4.69, 9.17) is 0 Å². The van der Waals surface area contributed by atoms with Crippen molar-refractivity contribution in [1.82, 2.24) is 10.6 Å². The maximum atomic E-state index is 14.7. The van der Waals surface area contributed by atoms with Crippen molar-refractivity contribution in [3.63, 3.8) is 0 Å². The molecule has 24 heteroatoms. The van der Waals surface area contributed by atoms with E-state index in [-0.39, 0.29) is 0 Å². The van der Waals surface area contributed by atoms with Crippen molar-refractivity contribution in [2.45, 2.75) is 80.0 Å². The summed E-state index contributed by atoms with van der Waals surface area (Å²) in [6.45, 7) is 1.17. The van der Waals surface area contributed by atoms with Crippen LogP contribution in [0.1, 0.15) is 20.8 Å². The normalized spacial score (nSPS) is 15.5. The van der Waals surface area contributed by atoms with Crippen LogP contribution in [-0.2, 0) is 19.1 Å². The zero-order chi connectivity index (χ0) is 34.3. The van der Waals surface area contributed by atoms with E-state index in [9.17, 15) is 89.0 Å². The molecule has 0 aromatic heterocycles. The first-order chi connectivity index (χ1) is 18.1. The molecule has 0 aromatic rings. The number of rotatable bonds is 11. The highest BCUT2D eigenvalue weighted by atomic mass is 19.4. The van der Waals surface area contributed by atoms with Gasteiger partial charge in [-0.15, -0.1) is 0 Å². The van der Waals surface area contributed by atoms with Crippen molar-refractivity contribution in [3.8, 4) is 0 Å². The number of nitrogens with one attached hydrogen (secondary N) is 2. The van der Waals surface area contributed by atoms with Crippen molar-refractivity contribution in [1.29, 1.82) is 0 Å². The van der Waals surface area contributed by atoms with Gasteiger partial charge >= 0.3 is 59.7 Å². The third-order valence-corrected chi connectivity index (χ3v) is 4.67. The van der Waals surface area contributed by atoms with Crippen LogP contribution < -0.4 is 10.6 Å². The summed E-state index contributed by atoms with van der Waals surface area (Å²) in [6, 6.07) is -4.65. The molecule has 0 radical (unpaired) electrons. The molecule has 1 unspecified atom stereocenters. The summed E-state index contributed by atoms with van der Waals surface area (Å²) in [6.07, 6.45) is -10.3. The van der Waals surface area contributed by atoms with Gasteiger partial charge in [0.2, 0.25) is 5.91 Å². The maximum absolute atomic E-state index is 14.7. The molecule has 2 N–H and O–H groups in total. The third-order valence-electron chi connectivity index (χ3n) is 4.67. The Bertz CT molecular complexity index is 1020. The zero-order valence-electron chi connectivity index (χ0n) is 20.8. The predicted molar refractivity (Wildman–Crippen MR) is 98.9 cm³/mol. The minimum atomic E-state index is -8.90. The maximum Gasteiger partial charge on any atom is 0.460 e. The summed E-state index contributed by atoms with van der Waals surface area (Å²) >= 11 is 0. The van der Waals surface area contributed by atoms with Crippen LogP contribution in [0.25, 0.3) is 0 Å². The lowest BCUT2D eigenvalue weighted by Crippen LogP contribution is -2.76. The zero-order valence-corrected chi connectivity index (χ0v) is 20.8. The molecular formula is C18H17F17N2O5. The summed E-state index contributed by atoms with van der Waals surface area (Å²) in [7, 11) is 0.564. The first-order valence-corrected chi connectivity index (χ1v) is 10.2. The smallest absolute Gasteiger partial charge is 0.460 e. The Balaban J connectivity index is 7.08. The van der Waals surface area contributed by atoms with Gasteiger partial charge in [0.15, 0.2) is 6.04 Å². The lowest BCUT2D eigenvalue weighted by Gasteiger charge is -2.43. The topological polar surface area (TPSA) is 93.7 Å². The molecule has 0 rings (SSSR count). The molecule has 0 aliphatic carbocycles. The van der Waals surface area contributed by atoms with E-state index in [2.05, 4.69) is 9.47 Å².